The van der Waals surface area contributed by atoms with E-state index in [0.717, 1.165) is 23.3 Å². The number of fused-ring (bicyclic) bond motifs is 2. The van der Waals surface area contributed by atoms with Crippen molar-refractivity contribution in [1.82, 2.24) is 19.5 Å². The molecule has 26 heavy (non-hydrogen) atoms. The highest BCUT2D eigenvalue weighted by atomic mass is 16.8. The van der Waals surface area contributed by atoms with Crippen LogP contribution in [0.25, 0.3) is 11.2 Å². The third-order valence-corrected chi connectivity index (χ3v) is 5.63. The highest BCUT2D eigenvalue weighted by Crippen LogP contribution is 2.50. The first kappa shape index (κ1) is 17.8. The molecule has 0 aromatic carbocycles. The summed E-state index contributed by atoms with van der Waals surface area (Å²) in [7, 11) is 1.65. The molecule has 142 valence electrons. The van der Waals surface area contributed by atoms with Gasteiger partial charge in [-0.1, -0.05) is 20.3 Å². The van der Waals surface area contributed by atoms with Gasteiger partial charge in [-0.05, 0) is 19.8 Å². The molecule has 2 aromatic rings. The van der Waals surface area contributed by atoms with Gasteiger partial charge in [0.15, 0.2) is 18.2 Å². The van der Waals surface area contributed by atoms with Gasteiger partial charge in [0.2, 0.25) is 0 Å². The molecule has 2 aliphatic heterocycles. The number of hydrogen-bond donors (Lipinski definition) is 0. The maximum atomic E-state index is 6.47. The van der Waals surface area contributed by atoms with Crippen LogP contribution in [0.4, 0.5) is 0 Å². The SMILES string of the molecule is CCC(C)C1OC(n2cnc3c(C)ncnc32)C2(C)OC(COC)OC12. The Kier molecular flexibility index (Phi) is 4.46. The van der Waals surface area contributed by atoms with Gasteiger partial charge >= 0.3 is 0 Å². The summed E-state index contributed by atoms with van der Waals surface area (Å²) < 4.78 is 26.1. The van der Waals surface area contributed by atoms with Gasteiger partial charge in [0.1, 0.15) is 23.5 Å². The number of imidazole rings is 1. The minimum Gasteiger partial charge on any atom is -0.379 e. The van der Waals surface area contributed by atoms with E-state index in [-0.39, 0.29) is 18.4 Å². The molecule has 2 aliphatic rings. The van der Waals surface area contributed by atoms with Crippen LogP contribution in [0, 0.1) is 12.8 Å². The van der Waals surface area contributed by atoms with Crippen LogP contribution in [0.5, 0.6) is 0 Å². The van der Waals surface area contributed by atoms with Crippen LogP contribution in [0.15, 0.2) is 12.7 Å². The van der Waals surface area contributed by atoms with Crippen molar-refractivity contribution in [2.45, 2.75) is 64.4 Å². The molecule has 2 fully saturated rings. The van der Waals surface area contributed by atoms with Gasteiger partial charge in [-0.2, -0.15) is 0 Å². The van der Waals surface area contributed by atoms with Crippen molar-refractivity contribution in [1.29, 1.82) is 0 Å². The van der Waals surface area contributed by atoms with Crippen LogP contribution in [0.3, 0.4) is 0 Å². The second-order valence-corrected chi connectivity index (χ2v) is 7.37. The highest BCUT2D eigenvalue weighted by Gasteiger charge is 2.63. The third-order valence-electron chi connectivity index (χ3n) is 5.63. The van der Waals surface area contributed by atoms with Gasteiger partial charge in [-0.15, -0.1) is 0 Å². The molecular formula is C18H26N4O4. The Morgan fingerprint density at radius 1 is 1.31 bits per heavy atom. The number of aryl methyl sites for hydroxylation is 1. The zero-order valence-electron chi connectivity index (χ0n) is 15.9. The van der Waals surface area contributed by atoms with Crippen molar-refractivity contribution in [2.75, 3.05) is 13.7 Å². The van der Waals surface area contributed by atoms with E-state index in [2.05, 4.69) is 28.8 Å². The number of methoxy groups -OCH3 is 1. The molecule has 6 unspecified atom stereocenters. The Bertz CT molecular complexity index is 797. The molecular weight excluding hydrogens is 336 g/mol. The van der Waals surface area contributed by atoms with E-state index in [1.165, 1.54) is 0 Å². The van der Waals surface area contributed by atoms with Crippen molar-refractivity contribution in [3.05, 3.63) is 18.3 Å². The lowest BCUT2D eigenvalue weighted by Crippen LogP contribution is -2.42. The van der Waals surface area contributed by atoms with E-state index in [0.29, 0.717) is 12.5 Å². The normalized spacial score (nSPS) is 35.1. The first-order chi connectivity index (χ1) is 12.5. The maximum Gasteiger partial charge on any atom is 0.182 e. The summed E-state index contributed by atoms with van der Waals surface area (Å²) in [5.41, 5.74) is 1.71. The van der Waals surface area contributed by atoms with Gasteiger partial charge in [0.25, 0.3) is 0 Å². The van der Waals surface area contributed by atoms with Crippen molar-refractivity contribution in [3.8, 4) is 0 Å². The van der Waals surface area contributed by atoms with Gasteiger partial charge in [0, 0.05) is 7.11 Å². The van der Waals surface area contributed by atoms with E-state index in [1.807, 2.05) is 18.4 Å². The average molecular weight is 362 g/mol. The summed E-state index contributed by atoms with van der Waals surface area (Å²) >= 11 is 0. The Morgan fingerprint density at radius 2 is 2.12 bits per heavy atom. The van der Waals surface area contributed by atoms with E-state index >= 15 is 0 Å². The van der Waals surface area contributed by atoms with Crippen molar-refractivity contribution in [3.63, 3.8) is 0 Å². The first-order valence-electron chi connectivity index (χ1n) is 9.11. The van der Waals surface area contributed by atoms with Crippen LogP contribution in [-0.2, 0) is 18.9 Å². The van der Waals surface area contributed by atoms with Crippen LogP contribution in [0.2, 0.25) is 0 Å². The van der Waals surface area contributed by atoms with Gasteiger partial charge in [-0.3, -0.25) is 4.57 Å². The quantitative estimate of drug-likeness (QED) is 0.807. The largest absolute Gasteiger partial charge is 0.379 e. The summed E-state index contributed by atoms with van der Waals surface area (Å²) in [5, 5.41) is 0. The lowest BCUT2D eigenvalue weighted by Gasteiger charge is -2.28. The van der Waals surface area contributed by atoms with E-state index < -0.39 is 11.9 Å². The standard InChI is InChI=1S/C18H26N4O4/c1-6-10(2)14-15-18(4,26-12(24-15)7-23-5)17(25-14)22-9-21-13-11(3)19-8-20-16(13)22/h8-10,12,14-15,17H,6-7H2,1-5H3. The van der Waals surface area contributed by atoms with Crippen molar-refractivity contribution < 1.29 is 18.9 Å². The van der Waals surface area contributed by atoms with Gasteiger partial charge < -0.3 is 18.9 Å². The second kappa shape index (κ2) is 6.53. The molecule has 8 nitrogen and oxygen atoms in total. The van der Waals surface area contributed by atoms with E-state index in [1.54, 1.807) is 19.8 Å². The number of nitrogens with zero attached hydrogens (tertiary/aromatic N) is 4. The predicted octanol–water partition coefficient (Wildman–Crippen LogP) is 2.22. The molecule has 0 aliphatic carbocycles. The Balaban J connectivity index is 1.76. The fraction of sp³-hybridized carbons (Fsp3) is 0.722. The first-order valence-corrected chi connectivity index (χ1v) is 9.11. The molecule has 0 amide bonds. The second-order valence-electron chi connectivity index (χ2n) is 7.37. The maximum absolute atomic E-state index is 6.47. The van der Waals surface area contributed by atoms with Crippen LogP contribution < -0.4 is 0 Å². The molecule has 4 heterocycles. The van der Waals surface area contributed by atoms with Crippen molar-refractivity contribution in [2.24, 2.45) is 5.92 Å². The van der Waals surface area contributed by atoms with Crippen LogP contribution in [-0.4, -0.2) is 57.3 Å². The van der Waals surface area contributed by atoms with E-state index in [4.69, 9.17) is 18.9 Å². The zero-order chi connectivity index (χ0) is 18.5. The minimum absolute atomic E-state index is 0.0720. The molecule has 2 aromatic heterocycles. The lowest BCUT2D eigenvalue weighted by atomic mass is 9.89. The number of rotatable bonds is 5. The number of aromatic nitrogens is 4. The zero-order valence-corrected chi connectivity index (χ0v) is 15.9. The molecule has 0 radical (unpaired) electrons. The number of ether oxygens (including phenoxy) is 4. The Morgan fingerprint density at radius 3 is 2.85 bits per heavy atom. The molecule has 6 atom stereocenters. The van der Waals surface area contributed by atoms with E-state index in [9.17, 15) is 0 Å². The third kappa shape index (κ3) is 2.55. The predicted molar refractivity (Wildman–Crippen MR) is 93.5 cm³/mol. The summed E-state index contributed by atoms with van der Waals surface area (Å²) in [6.45, 7) is 8.69. The fourth-order valence-electron chi connectivity index (χ4n) is 3.99. The van der Waals surface area contributed by atoms with Crippen LogP contribution >= 0.6 is 0 Å². The molecule has 0 spiro atoms. The molecule has 8 heteroatoms. The fourth-order valence-corrected chi connectivity index (χ4v) is 3.99. The topological polar surface area (TPSA) is 80.5 Å². The summed E-state index contributed by atoms with van der Waals surface area (Å²) in [4.78, 5) is 13.1. The highest BCUT2D eigenvalue weighted by molar-refractivity contribution is 5.72. The molecule has 0 bridgehead atoms. The Hall–Kier alpha value is -1.61. The minimum atomic E-state index is -0.649. The monoisotopic (exact) mass is 362 g/mol. The molecule has 0 N–H and O–H groups in total. The summed E-state index contributed by atoms with van der Waals surface area (Å²) in [6.07, 6.45) is 3.27. The molecule has 2 saturated heterocycles. The summed E-state index contributed by atoms with van der Waals surface area (Å²) in [5.74, 6) is 0.334. The molecule has 0 saturated carbocycles. The molecule has 4 rings (SSSR count). The number of hydrogen-bond acceptors (Lipinski definition) is 7. The van der Waals surface area contributed by atoms with Crippen molar-refractivity contribution >= 4 is 11.2 Å². The van der Waals surface area contributed by atoms with Gasteiger partial charge in [0.05, 0.1) is 24.7 Å². The average Bonchev–Trinajstić information content (AvgIpc) is 3.25. The summed E-state index contributed by atoms with van der Waals surface area (Å²) in [6, 6.07) is 0. The van der Waals surface area contributed by atoms with Crippen LogP contribution in [0.1, 0.15) is 39.1 Å². The Labute approximate surface area is 152 Å². The smallest absolute Gasteiger partial charge is 0.182 e. The van der Waals surface area contributed by atoms with Gasteiger partial charge in [-0.25, -0.2) is 15.0 Å². The lowest BCUT2D eigenvalue weighted by molar-refractivity contribution is -0.186.